The summed E-state index contributed by atoms with van der Waals surface area (Å²) in [7, 11) is 1.91. The number of halogens is 1. The molecular formula is C12H15ClN4. The standard InChI is InChI=1S/C12H15ClN4/c1-17-11(13)8-16-12(17)9-14-7-5-10-4-2-3-6-15-10/h2-4,6,8,14H,5,7,9H2,1H3. The molecule has 2 aromatic rings. The topological polar surface area (TPSA) is 42.7 Å². The first-order valence-electron chi connectivity index (χ1n) is 5.54. The van der Waals surface area contributed by atoms with Crippen LogP contribution in [0.25, 0.3) is 0 Å². The van der Waals surface area contributed by atoms with Crippen LogP contribution in [0.5, 0.6) is 0 Å². The molecule has 0 saturated carbocycles. The number of hydrogen-bond donors (Lipinski definition) is 1. The van der Waals surface area contributed by atoms with Gasteiger partial charge in [-0.2, -0.15) is 0 Å². The van der Waals surface area contributed by atoms with E-state index in [1.807, 2.05) is 36.0 Å². The fraction of sp³-hybridized carbons (Fsp3) is 0.333. The van der Waals surface area contributed by atoms with Gasteiger partial charge in [-0.05, 0) is 12.1 Å². The van der Waals surface area contributed by atoms with Gasteiger partial charge in [0.2, 0.25) is 0 Å². The maximum Gasteiger partial charge on any atom is 0.128 e. The molecule has 0 radical (unpaired) electrons. The minimum absolute atomic E-state index is 0.659. The quantitative estimate of drug-likeness (QED) is 0.823. The molecule has 0 aromatic carbocycles. The Labute approximate surface area is 106 Å². The Hall–Kier alpha value is -1.39. The maximum absolute atomic E-state index is 5.90. The fourth-order valence-electron chi connectivity index (χ4n) is 1.55. The van der Waals surface area contributed by atoms with Crippen LogP contribution in [0.2, 0.25) is 5.15 Å². The second-order valence-corrected chi connectivity index (χ2v) is 4.19. The lowest BCUT2D eigenvalue weighted by Gasteiger charge is -2.05. The molecule has 2 heterocycles. The number of nitrogens with zero attached hydrogens (tertiary/aromatic N) is 3. The van der Waals surface area contributed by atoms with Crippen molar-refractivity contribution in [2.24, 2.45) is 7.05 Å². The van der Waals surface area contributed by atoms with Crippen molar-refractivity contribution in [1.29, 1.82) is 0 Å². The van der Waals surface area contributed by atoms with Gasteiger partial charge >= 0.3 is 0 Å². The summed E-state index contributed by atoms with van der Waals surface area (Å²) in [5.41, 5.74) is 1.10. The highest BCUT2D eigenvalue weighted by atomic mass is 35.5. The highest BCUT2D eigenvalue weighted by Gasteiger charge is 2.03. The van der Waals surface area contributed by atoms with Gasteiger partial charge in [0.1, 0.15) is 11.0 Å². The zero-order valence-corrected chi connectivity index (χ0v) is 10.5. The molecule has 0 amide bonds. The van der Waals surface area contributed by atoms with Crippen LogP contribution in [-0.2, 0) is 20.0 Å². The van der Waals surface area contributed by atoms with Crippen molar-refractivity contribution in [1.82, 2.24) is 19.9 Å². The first-order chi connectivity index (χ1) is 8.27. The predicted molar refractivity (Wildman–Crippen MR) is 67.9 cm³/mol. The Morgan fingerprint density at radius 2 is 2.24 bits per heavy atom. The molecule has 0 atom stereocenters. The average Bonchev–Trinajstić information content (AvgIpc) is 2.67. The molecule has 0 unspecified atom stereocenters. The lowest BCUT2D eigenvalue weighted by Crippen LogP contribution is -2.19. The zero-order valence-electron chi connectivity index (χ0n) is 9.73. The number of pyridine rings is 1. The second kappa shape index (κ2) is 5.80. The van der Waals surface area contributed by atoms with Crippen molar-refractivity contribution in [2.45, 2.75) is 13.0 Å². The summed E-state index contributed by atoms with van der Waals surface area (Å²) in [4.78, 5) is 8.48. The molecule has 0 aliphatic rings. The summed E-state index contributed by atoms with van der Waals surface area (Å²) in [6, 6.07) is 5.95. The van der Waals surface area contributed by atoms with E-state index in [-0.39, 0.29) is 0 Å². The third-order valence-electron chi connectivity index (χ3n) is 2.59. The molecule has 0 aliphatic carbocycles. The Bertz CT molecular complexity index is 467. The number of rotatable bonds is 5. The monoisotopic (exact) mass is 250 g/mol. The normalized spacial score (nSPS) is 10.7. The van der Waals surface area contributed by atoms with Crippen molar-refractivity contribution >= 4 is 11.6 Å². The van der Waals surface area contributed by atoms with Gasteiger partial charge in [-0.3, -0.25) is 4.98 Å². The number of aromatic nitrogens is 3. The van der Waals surface area contributed by atoms with E-state index in [0.717, 1.165) is 31.0 Å². The Morgan fingerprint density at radius 1 is 1.35 bits per heavy atom. The van der Waals surface area contributed by atoms with E-state index in [0.29, 0.717) is 5.15 Å². The van der Waals surface area contributed by atoms with Gasteiger partial charge in [-0.15, -0.1) is 0 Å². The Morgan fingerprint density at radius 3 is 2.88 bits per heavy atom. The SMILES string of the molecule is Cn1c(Cl)cnc1CNCCc1ccccn1. The third-order valence-corrected chi connectivity index (χ3v) is 2.95. The van der Waals surface area contributed by atoms with Crippen molar-refractivity contribution in [3.8, 4) is 0 Å². The van der Waals surface area contributed by atoms with Gasteiger partial charge in [0.25, 0.3) is 0 Å². The molecule has 17 heavy (non-hydrogen) atoms. The van der Waals surface area contributed by atoms with Gasteiger partial charge < -0.3 is 9.88 Å². The molecule has 0 spiro atoms. The molecule has 0 bridgehead atoms. The minimum Gasteiger partial charge on any atom is -0.321 e. The smallest absolute Gasteiger partial charge is 0.128 e. The van der Waals surface area contributed by atoms with Crippen LogP contribution < -0.4 is 5.32 Å². The lowest BCUT2D eigenvalue weighted by molar-refractivity contribution is 0.634. The van der Waals surface area contributed by atoms with E-state index < -0.39 is 0 Å². The average molecular weight is 251 g/mol. The van der Waals surface area contributed by atoms with Crippen LogP contribution in [-0.4, -0.2) is 21.1 Å². The van der Waals surface area contributed by atoms with Crippen molar-refractivity contribution < 1.29 is 0 Å². The van der Waals surface area contributed by atoms with Crippen LogP contribution in [0.15, 0.2) is 30.6 Å². The molecule has 2 aromatic heterocycles. The van der Waals surface area contributed by atoms with E-state index in [1.165, 1.54) is 0 Å². The number of hydrogen-bond acceptors (Lipinski definition) is 3. The van der Waals surface area contributed by atoms with Gasteiger partial charge in [-0.25, -0.2) is 4.98 Å². The molecule has 5 heteroatoms. The maximum atomic E-state index is 5.90. The number of nitrogens with one attached hydrogen (secondary N) is 1. The first kappa shape index (κ1) is 12.1. The lowest BCUT2D eigenvalue weighted by atomic mass is 10.3. The minimum atomic E-state index is 0.659. The highest BCUT2D eigenvalue weighted by Crippen LogP contribution is 2.08. The number of imidazole rings is 1. The van der Waals surface area contributed by atoms with E-state index in [9.17, 15) is 0 Å². The predicted octanol–water partition coefficient (Wildman–Crippen LogP) is 1.80. The van der Waals surface area contributed by atoms with Crippen LogP contribution >= 0.6 is 11.6 Å². The summed E-state index contributed by atoms with van der Waals surface area (Å²) in [6.07, 6.45) is 4.39. The molecule has 1 N–H and O–H groups in total. The van der Waals surface area contributed by atoms with Gasteiger partial charge in [0, 0.05) is 31.9 Å². The van der Waals surface area contributed by atoms with E-state index in [2.05, 4.69) is 15.3 Å². The van der Waals surface area contributed by atoms with Crippen molar-refractivity contribution in [2.75, 3.05) is 6.54 Å². The van der Waals surface area contributed by atoms with Crippen LogP contribution in [0.1, 0.15) is 11.5 Å². The van der Waals surface area contributed by atoms with E-state index in [4.69, 9.17) is 11.6 Å². The molecule has 90 valence electrons. The molecule has 0 fully saturated rings. The van der Waals surface area contributed by atoms with Gasteiger partial charge in [0.05, 0.1) is 12.7 Å². The largest absolute Gasteiger partial charge is 0.321 e. The zero-order chi connectivity index (χ0) is 12.1. The molecule has 4 nitrogen and oxygen atoms in total. The van der Waals surface area contributed by atoms with Gasteiger partial charge in [-0.1, -0.05) is 17.7 Å². The van der Waals surface area contributed by atoms with Gasteiger partial charge in [0.15, 0.2) is 0 Å². The summed E-state index contributed by atoms with van der Waals surface area (Å²) in [5.74, 6) is 0.941. The molecular weight excluding hydrogens is 236 g/mol. The van der Waals surface area contributed by atoms with E-state index >= 15 is 0 Å². The summed E-state index contributed by atoms with van der Waals surface area (Å²) >= 11 is 5.90. The fourth-order valence-corrected chi connectivity index (χ4v) is 1.70. The van der Waals surface area contributed by atoms with Crippen molar-refractivity contribution in [3.05, 3.63) is 47.3 Å². The second-order valence-electron chi connectivity index (χ2n) is 3.80. The van der Waals surface area contributed by atoms with Crippen molar-refractivity contribution in [3.63, 3.8) is 0 Å². The molecule has 0 saturated heterocycles. The summed E-state index contributed by atoms with van der Waals surface area (Å²) < 4.78 is 1.87. The molecule has 2 rings (SSSR count). The third kappa shape index (κ3) is 3.28. The van der Waals surface area contributed by atoms with E-state index in [1.54, 1.807) is 6.20 Å². The summed E-state index contributed by atoms with van der Waals surface area (Å²) in [6.45, 7) is 1.59. The summed E-state index contributed by atoms with van der Waals surface area (Å²) in [5, 5.41) is 3.98. The van der Waals surface area contributed by atoms with Crippen LogP contribution in [0.3, 0.4) is 0 Å². The first-order valence-corrected chi connectivity index (χ1v) is 5.92. The highest BCUT2D eigenvalue weighted by molar-refractivity contribution is 6.29. The van der Waals surface area contributed by atoms with Crippen LogP contribution in [0, 0.1) is 0 Å². The Balaban J connectivity index is 1.75. The Kier molecular flexibility index (Phi) is 4.12. The molecule has 0 aliphatic heterocycles. The van der Waals surface area contributed by atoms with Crippen LogP contribution in [0.4, 0.5) is 0 Å².